The number of hydrogen-bond donors (Lipinski definition) is 1. The third-order valence-electron chi connectivity index (χ3n) is 3.06. The van der Waals surface area contributed by atoms with Crippen LogP contribution < -0.4 is 0 Å². The molecule has 0 radical (unpaired) electrons. The highest BCUT2D eigenvalue weighted by Crippen LogP contribution is 2.18. The number of carbonyl (C=O) groups is 1. The fraction of sp³-hybridized carbons (Fsp3) is 0.429. The van der Waals surface area contributed by atoms with E-state index in [2.05, 4.69) is 22.5 Å². The maximum absolute atomic E-state index is 11.3. The van der Waals surface area contributed by atoms with Crippen molar-refractivity contribution >= 4 is 29.2 Å². The van der Waals surface area contributed by atoms with Gasteiger partial charge in [-0.05, 0) is 44.1 Å². The molecular formula is C14H18N2O2S. The second-order valence-corrected chi connectivity index (χ2v) is 4.85. The van der Waals surface area contributed by atoms with Gasteiger partial charge in [0, 0.05) is 13.0 Å². The number of rotatable bonds is 5. The lowest BCUT2D eigenvalue weighted by Gasteiger charge is -2.06. The van der Waals surface area contributed by atoms with Crippen molar-refractivity contribution in [1.82, 2.24) is 9.55 Å². The van der Waals surface area contributed by atoms with Crippen LogP contribution in [0.3, 0.4) is 0 Å². The van der Waals surface area contributed by atoms with Crippen LogP contribution in [-0.2, 0) is 16.1 Å². The molecule has 0 aliphatic rings. The van der Waals surface area contributed by atoms with Crippen molar-refractivity contribution in [2.24, 2.45) is 0 Å². The van der Waals surface area contributed by atoms with Gasteiger partial charge in [-0.2, -0.15) is 0 Å². The van der Waals surface area contributed by atoms with Crippen molar-refractivity contribution in [3.8, 4) is 0 Å². The zero-order valence-electron chi connectivity index (χ0n) is 11.2. The van der Waals surface area contributed by atoms with Gasteiger partial charge in [0.25, 0.3) is 0 Å². The molecule has 102 valence electrons. The summed E-state index contributed by atoms with van der Waals surface area (Å²) in [5.74, 6) is -0.148. The summed E-state index contributed by atoms with van der Waals surface area (Å²) < 4.78 is 7.68. The van der Waals surface area contributed by atoms with Gasteiger partial charge in [-0.1, -0.05) is 12.1 Å². The highest BCUT2D eigenvalue weighted by atomic mass is 32.1. The summed E-state index contributed by atoms with van der Waals surface area (Å²) in [5, 5.41) is 0. The number of ether oxygens (including phenoxy) is 1. The Hall–Kier alpha value is -1.62. The van der Waals surface area contributed by atoms with Crippen LogP contribution in [0.5, 0.6) is 0 Å². The van der Waals surface area contributed by atoms with Crippen LogP contribution in [-0.4, -0.2) is 22.1 Å². The Bertz CT molecular complexity index is 642. The van der Waals surface area contributed by atoms with Crippen molar-refractivity contribution in [1.29, 1.82) is 0 Å². The first-order chi connectivity index (χ1) is 9.13. The standard InChI is InChI=1S/C14H18N2O2S/c1-3-18-12(17)8-5-9-16-13-10(2)6-4-7-11(13)15-14(16)19/h4,6-7H,3,5,8-9H2,1-2H3,(H,15,19). The molecule has 1 N–H and O–H groups in total. The molecule has 0 saturated carbocycles. The number of nitrogens with one attached hydrogen (secondary N) is 1. The first-order valence-corrected chi connectivity index (χ1v) is 6.88. The summed E-state index contributed by atoms with van der Waals surface area (Å²) >= 11 is 5.33. The third-order valence-corrected chi connectivity index (χ3v) is 3.38. The summed E-state index contributed by atoms with van der Waals surface area (Å²) in [5.41, 5.74) is 3.35. The van der Waals surface area contributed by atoms with E-state index in [0.29, 0.717) is 17.8 Å². The van der Waals surface area contributed by atoms with Gasteiger partial charge in [-0.15, -0.1) is 0 Å². The molecule has 0 fully saturated rings. The van der Waals surface area contributed by atoms with Gasteiger partial charge in [-0.3, -0.25) is 4.79 Å². The highest BCUT2D eigenvalue weighted by molar-refractivity contribution is 7.71. The zero-order valence-corrected chi connectivity index (χ0v) is 12.0. The summed E-state index contributed by atoms with van der Waals surface area (Å²) in [7, 11) is 0. The number of fused-ring (bicyclic) bond motifs is 1. The number of para-hydroxylation sites is 1. The number of aromatic amines is 1. The van der Waals surface area contributed by atoms with Crippen LogP contribution in [0.1, 0.15) is 25.3 Å². The summed E-state index contributed by atoms with van der Waals surface area (Å²) in [6, 6.07) is 6.08. The van der Waals surface area contributed by atoms with Gasteiger partial charge in [0.1, 0.15) is 0 Å². The second-order valence-electron chi connectivity index (χ2n) is 4.46. The van der Waals surface area contributed by atoms with Gasteiger partial charge in [0.2, 0.25) is 0 Å². The molecular weight excluding hydrogens is 260 g/mol. The monoisotopic (exact) mass is 278 g/mol. The first kappa shape index (κ1) is 13.8. The van der Waals surface area contributed by atoms with Crippen LogP contribution >= 0.6 is 12.2 Å². The van der Waals surface area contributed by atoms with Gasteiger partial charge >= 0.3 is 5.97 Å². The molecule has 1 aromatic carbocycles. The maximum atomic E-state index is 11.3. The molecule has 4 nitrogen and oxygen atoms in total. The number of aromatic nitrogens is 2. The smallest absolute Gasteiger partial charge is 0.305 e. The Balaban J connectivity index is 2.15. The van der Waals surface area contributed by atoms with E-state index >= 15 is 0 Å². The van der Waals surface area contributed by atoms with E-state index in [1.165, 1.54) is 5.56 Å². The van der Waals surface area contributed by atoms with E-state index in [0.717, 1.165) is 24.0 Å². The molecule has 1 heterocycles. The van der Waals surface area contributed by atoms with Crippen LogP contribution in [0, 0.1) is 11.7 Å². The van der Waals surface area contributed by atoms with Crippen LogP contribution in [0.4, 0.5) is 0 Å². The Morgan fingerprint density at radius 3 is 3.00 bits per heavy atom. The van der Waals surface area contributed by atoms with Gasteiger partial charge < -0.3 is 14.3 Å². The van der Waals surface area contributed by atoms with Gasteiger partial charge in [-0.25, -0.2) is 0 Å². The number of H-pyrrole nitrogens is 1. The summed E-state index contributed by atoms with van der Waals surface area (Å²) in [4.78, 5) is 14.5. The highest BCUT2D eigenvalue weighted by Gasteiger charge is 2.08. The number of aryl methyl sites for hydroxylation is 2. The Morgan fingerprint density at radius 2 is 2.26 bits per heavy atom. The number of imidazole rings is 1. The quantitative estimate of drug-likeness (QED) is 0.674. The number of carbonyl (C=O) groups excluding carboxylic acids is 1. The average molecular weight is 278 g/mol. The molecule has 0 aliphatic carbocycles. The normalized spacial score (nSPS) is 10.8. The Labute approximate surface area is 117 Å². The summed E-state index contributed by atoms with van der Waals surface area (Å²) in [6.45, 7) is 5.04. The Kier molecular flexibility index (Phi) is 4.37. The minimum atomic E-state index is -0.148. The van der Waals surface area contributed by atoms with Crippen molar-refractivity contribution in [3.05, 3.63) is 28.5 Å². The van der Waals surface area contributed by atoms with Crippen molar-refractivity contribution in [2.45, 2.75) is 33.2 Å². The van der Waals surface area contributed by atoms with Crippen LogP contribution in [0.2, 0.25) is 0 Å². The number of benzene rings is 1. The molecule has 0 bridgehead atoms. The van der Waals surface area contributed by atoms with E-state index < -0.39 is 0 Å². The molecule has 0 spiro atoms. The SMILES string of the molecule is CCOC(=O)CCCn1c(=S)[nH]c2cccc(C)c21. The number of hydrogen-bond acceptors (Lipinski definition) is 3. The van der Waals surface area contributed by atoms with Crippen LogP contribution in [0.25, 0.3) is 11.0 Å². The van der Waals surface area contributed by atoms with Gasteiger partial charge in [0.15, 0.2) is 4.77 Å². The van der Waals surface area contributed by atoms with E-state index in [1.807, 2.05) is 19.1 Å². The molecule has 0 unspecified atom stereocenters. The molecule has 2 aromatic rings. The lowest BCUT2D eigenvalue weighted by Crippen LogP contribution is -2.06. The van der Waals surface area contributed by atoms with E-state index in [9.17, 15) is 4.79 Å². The molecule has 0 saturated heterocycles. The third kappa shape index (κ3) is 3.04. The number of nitrogens with zero attached hydrogens (tertiary/aromatic N) is 1. The number of esters is 1. The summed E-state index contributed by atoms with van der Waals surface area (Å²) in [6.07, 6.45) is 1.16. The lowest BCUT2D eigenvalue weighted by atomic mass is 10.2. The van der Waals surface area contributed by atoms with E-state index in [4.69, 9.17) is 17.0 Å². The topological polar surface area (TPSA) is 47.0 Å². The molecule has 0 amide bonds. The van der Waals surface area contributed by atoms with Crippen molar-refractivity contribution < 1.29 is 9.53 Å². The molecule has 19 heavy (non-hydrogen) atoms. The second kappa shape index (κ2) is 6.02. The van der Waals surface area contributed by atoms with Crippen molar-refractivity contribution in [2.75, 3.05) is 6.61 Å². The molecule has 0 atom stereocenters. The predicted molar refractivity (Wildman–Crippen MR) is 77.7 cm³/mol. The minimum Gasteiger partial charge on any atom is -0.466 e. The molecule has 5 heteroatoms. The van der Waals surface area contributed by atoms with E-state index in [1.54, 1.807) is 0 Å². The largest absolute Gasteiger partial charge is 0.466 e. The average Bonchev–Trinajstić information content (AvgIpc) is 2.67. The molecule has 1 aromatic heterocycles. The maximum Gasteiger partial charge on any atom is 0.305 e. The van der Waals surface area contributed by atoms with Crippen molar-refractivity contribution in [3.63, 3.8) is 0 Å². The Morgan fingerprint density at radius 1 is 1.47 bits per heavy atom. The lowest BCUT2D eigenvalue weighted by molar-refractivity contribution is -0.143. The minimum absolute atomic E-state index is 0.148. The molecule has 2 rings (SSSR count). The van der Waals surface area contributed by atoms with Crippen LogP contribution in [0.15, 0.2) is 18.2 Å². The molecule has 0 aliphatic heterocycles. The van der Waals surface area contributed by atoms with E-state index in [-0.39, 0.29) is 5.97 Å². The fourth-order valence-corrected chi connectivity index (χ4v) is 2.52. The fourth-order valence-electron chi connectivity index (χ4n) is 2.23. The zero-order chi connectivity index (χ0) is 13.8. The first-order valence-electron chi connectivity index (χ1n) is 6.47. The van der Waals surface area contributed by atoms with Gasteiger partial charge in [0.05, 0.1) is 17.6 Å². The predicted octanol–water partition coefficient (Wildman–Crippen LogP) is 3.35.